The standard InChI is InChI=1S/C54H39BO2/c1-53(2)54(3,4)57-55(56-53)45-31-25-35-23-27-41-36(26-22-34-24-28-42(45)49(35)46(34)41)37-29-30-44-50-38(37)20-13-21-43(50)51-47(32-14-7-5-8-15-32)39-18-11-12-19-40(39)48(52(44)51)33-16-9-6-10-17-33/h5-31H,1-4H3. The van der Waals surface area contributed by atoms with Gasteiger partial charge in [0.2, 0.25) is 0 Å². The molecule has 0 atom stereocenters. The third-order valence-corrected chi connectivity index (χ3v) is 13.4. The van der Waals surface area contributed by atoms with Crippen LogP contribution in [0.25, 0.3) is 109 Å². The van der Waals surface area contributed by atoms with Crippen LogP contribution >= 0.6 is 0 Å². The Morgan fingerprint density at radius 3 is 1.39 bits per heavy atom. The van der Waals surface area contributed by atoms with E-state index < -0.39 is 18.3 Å². The van der Waals surface area contributed by atoms with E-state index in [2.05, 4.69) is 191 Å². The summed E-state index contributed by atoms with van der Waals surface area (Å²) in [5.74, 6) is 0. The highest BCUT2D eigenvalue weighted by Gasteiger charge is 2.52. The Bertz CT molecular complexity index is 3180. The topological polar surface area (TPSA) is 18.5 Å². The molecule has 12 rings (SSSR count). The van der Waals surface area contributed by atoms with Crippen molar-refractivity contribution in [2.75, 3.05) is 0 Å². The lowest BCUT2D eigenvalue weighted by Gasteiger charge is -2.32. The zero-order valence-electron chi connectivity index (χ0n) is 32.5. The molecule has 1 fully saturated rings. The molecule has 0 saturated carbocycles. The second kappa shape index (κ2) is 11.6. The van der Waals surface area contributed by atoms with Gasteiger partial charge in [0.05, 0.1) is 11.2 Å². The van der Waals surface area contributed by atoms with Gasteiger partial charge in [0.25, 0.3) is 0 Å². The lowest BCUT2D eigenvalue weighted by atomic mass is 9.74. The summed E-state index contributed by atoms with van der Waals surface area (Å²) in [5, 5.41) is 12.6. The van der Waals surface area contributed by atoms with Gasteiger partial charge in [0, 0.05) is 0 Å². The molecule has 10 aromatic carbocycles. The van der Waals surface area contributed by atoms with Gasteiger partial charge < -0.3 is 9.31 Å². The quantitative estimate of drug-likeness (QED) is 0.133. The van der Waals surface area contributed by atoms with E-state index in [4.69, 9.17) is 9.31 Å². The first kappa shape index (κ1) is 32.9. The van der Waals surface area contributed by atoms with Crippen molar-refractivity contribution in [3.8, 4) is 55.6 Å². The molecule has 1 aliphatic carbocycles. The minimum Gasteiger partial charge on any atom is -0.399 e. The molecular weight excluding hydrogens is 691 g/mol. The fourth-order valence-electron chi connectivity index (χ4n) is 10.1. The maximum atomic E-state index is 6.61. The molecule has 0 spiro atoms. The molecule has 3 heteroatoms. The first-order valence-corrected chi connectivity index (χ1v) is 20.1. The monoisotopic (exact) mass is 730 g/mol. The summed E-state index contributed by atoms with van der Waals surface area (Å²) in [6, 6.07) is 60.9. The average molecular weight is 731 g/mol. The van der Waals surface area contributed by atoms with Crippen LogP contribution in [0, 0.1) is 0 Å². The van der Waals surface area contributed by atoms with Gasteiger partial charge in [-0.2, -0.15) is 0 Å². The number of rotatable bonds is 4. The van der Waals surface area contributed by atoms with Gasteiger partial charge >= 0.3 is 7.12 Å². The number of hydrogen-bond acceptors (Lipinski definition) is 2. The minimum atomic E-state index is -0.435. The Kier molecular flexibility index (Phi) is 6.73. The van der Waals surface area contributed by atoms with Crippen molar-refractivity contribution in [2.24, 2.45) is 0 Å². The second-order valence-electron chi connectivity index (χ2n) is 16.9. The Hall–Kier alpha value is -6.26. The molecule has 10 aromatic rings. The number of hydrogen-bond donors (Lipinski definition) is 0. The second-order valence-corrected chi connectivity index (χ2v) is 16.9. The highest BCUT2D eigenvalue weighted by atomic mass is 16.7. The van der Waals surface area contributed by atoms with Gasteiger partial charge in [-0.1, -0.05) is 164 Å². The highest BCUT2D eigenvalue weighted by molar-refractivity contribution is 6.65. The molecule has 0 radical (unpaired) electrons. The van der Waals surface area contributed by atoms with E-state index in [0.717, 1.165) is 5.46 Å². The van der Waals surface area contributed by atoms with Crippen molar-refractivity contribution in [2.45, 2.75) is 38.9 Å². The summed E-state index contributed by atoms with van der Waals surface area (Å²) in [4.78, 5) is 0. The van der Waals surface area contributed by atoms with Crippen molar-refractivity contribution >= 4 is 66.4 Å². The molecule has 2 aliphatic rings. The van der Waals surface area contributed by atoms with Crippen LogP contribution in [0.5, 0.6) is 0 Å². The summed E-state index contributed by atoms with van der Waals surface area (Å²) in [6.07, 6.45) is 0. The van der Waals surface area contributed by atoms with E-state index in [9.17, 15) is 0 Å². The Labute approximate surface area is 332 Å². The summed E-state index contributed by atoms with van der Waals surface area (Å²) in [7, 11) is -0.435. The van der Waals surface area contributed by atoms with E-state index in [1.165, 1.54) is 109 Å². The van der Waals surface area contributed by atoms with Crippen LogP contribution in [0.4, 0.5) is 0 Å². The molecule has 0 unspecified atom stereocenters. The van der Waals surface area contributed by atoms with E-state index in [0.29, 0.717) is 0 Å². The van der Waals surface area contributed by atoms with Gasteiger partial charge in [-0.05, 0) is 143 Å². The first-order valence-electron chi connectivity index (χ1n) is 20.1. The largest absolute Gasteiger partial charge is 0.495 e. The van der Waals surface area contributed by atoms with Crippen LogP contribution in [0.3, 0.4) is 0 Å². The molecular formula is C54H39BO2. The van der Waals surface area contributed by atoms with Gasteiger partial charge in [-0.3, -0.25) is 0 Å². The predicted molar refractivity (Wildman–Crippen MR) is 242 cm³/mol. The molecule has 1 saturated heterocycles. The Morgan fingerprint density at radius 1 is 0.333 bits per heavy atom. The molecule has 0 N–H and O–H groups in total. The van der Waals surface area contributed by atoms with Crippen LogP contribution in [-0.4, -0.2) is 18.3 Å². The first-order chi connectivity index (χ1) is 27.8. The van der Waals surface area contributed by atoms with E-state index in [1.807, 2.05) is 0 Å². The van der Waals surface area contributed by atoms with Crippen LogP contribution in [-0.2, 0) is 9.31 Å². The van der Waals surface area contributed by atoms with Gasteiger partial charge in [-0.25, -0.2) is 0 Å². The van der Waals surface area contributed by atoms with Crippen LogP contribution in [0.15, 0.2) is 164 Å². The van der Waals surface area contributed by atoms with Crippen LogP contribution in [0.2, 0.25) is 0 Å². The lowest BCUT2D eigenvalue weighted by Crippen LogP contribution is -2.41. The highest BCUT2D eigenvalue weighted by Crippen LogP contribution is 2.58. The van der Waals surface area contributed by atoms with Crippen molar-refractivity contribution in [1.82, 2.24) is 0 Å². The smallest absolute Gasteiger partial charge is 0.399 e. The number of fused-ring (bicyclic) bond motifs is 4. The maximum absolute atomic E-state index is 6.61. The molecule has 2 nitrogen and oxygen atoms in total. The molecule has 0 bridgehead atoms. The minimum absolute atomic E-state index is 0.416. The zero-order valence-corrected chi connectivity index (χ0v) is 32.5. The molecule has 270 valence electrons. The molecule has 57 heavy (non-hydrogen) atoms. The van der Waals surface area contributed by atoms with Crippen molar-refractivity contribution < 1.29 is 9.31 Å². The number of benzene rings is 10. The fraction of sp³-hybridized carbons (Fsp3) is 0.111. The summed E-state index contributed by atoms with van der Waals surface area (Å²) < 4.78 is 13.2. The normalized spacial score (nSPS) is 15.5. The molecule has 0 amide bonds. The van der Waals surface area contributed by atoms with Crippen molar-refractivity contribution in [1.29, 1.82) is 0 Å². The third kappa shape index (κ3) is 4.50. The molecule has 0 aromatic heterocycles. The van der Waals surface area contributed by atoms with Crippen molar-refractivity contribution in [3.63, 3.8) is 0 Å². The van der Waals surface area contributed by atoms with Gasteiger partial charge in [0.15, 0.2) is 0 Å². The van der Waals surface area contributed by atoms with Crippen molar-refractivity contribution in [3.05, 3.63) is 164 Å². The van der Waals surface area contributed by atoms with E-state index >= 15 is 0 Å². The fourth-order valence-corrected chi connectivity index (χ4v) is 10.1. The average Bonchev–Trinajstić information content (AvgIpc) is 3.68. The maximum Gasteiger partial charge on any atom is 0.495 e. The van der Waals surface area contributed by atoms with Crippen LogP contribution < -0.4 is 5.46 Å². The summed E-state index contributed by atoms with van der Waals surface area (Å²) >= 11 is 0. The zero-order chi connectivity index (χ0) is 38.2. The van der Waals surface area contributed by atoms with Gasteiger partial charge in [-0.15, -0.1) is 0 Å². The van der Waals surface area contributed by atoms with Gasteiger partial charge in [0.1, 0.15) is 0 Å². The Morgan fingerprint density at radius 2 is 0.772 bits per heavy atom. The lowest BCUT2D eigenvalue weighted by molar-refractivity contribution is 0.00578. The SMILES string of the molecule is CC1(C)OB(c2ccc3ccc4c(-c5ccc6c7c(cccc57)-c5c-6c(-c6ccccc6)c6ccccc6c5-c5ccccc5)ccc5ccc2c3c54)OC1(C)C. The predicted octanol–water partition coefficient (Wildman–Crippen LogP) is 13.8. The Balaban J connectivity index is 1.13. The molecule has 1 aliphatic heterocycles. The van der Waals surface area contributed by atoms with E-state index in [-0.39, 0.29) is 0 Å². The van der Waals surface area contributed by atoms with E-state index in [1.54, 1.807) is 0 Å². The molecule has 1 heterocycles. The summed E-state index contributed by atoms with van der Waals surface area (Å²) in [6.45, 7) is 8.50. The third-order valence-electron chi connectivity index (χ3n) is 13.4. The van der Waals surface area contributed by atoms with Crippen LogP contribution in [0.1, 0.15) is 27.7 Å². The summed E-state index contributed by atoms with van der Waals surface area (Å²) in [5.41, 5.74) is 13.1.